The van der Waals surface area contributed by atoms with Gasteiger partial charge in [-0.2, -0.15) is 0 Å². The van der Waals surface area contributed by atoms with E-state index in [1.807, 2.05) is 16.8 Å². The first-order valence-corrected chi connectivity index (χ1v) is 6.37. The standard InChI is InChI=1S/C13H16N2O3/c16-12(14-11(13(17)18)8-3-4-8)10-2-1-7-15(10)9-5-6-9/h1-2,7-9,11H,3-6H2,(H,14,16)(H,17,18). The summed E-state index contributed by atoms with van der Waals surface area (Å²) in [4.78, 5) is 23.2. The Labute approximate surface area is 105 Å². The van der Waals surface area contributed by atoms with Crippen LogP contribution in [0.25, 0.3) is 0 Å². The van der Waals surface area contributed by atoms with Gasteiger partial charge in [0.05, 0.1) is 0 Å². The first-order chi connectivity index (χ1) is 8.66. The van der Waals surface area contributed by atoms with E-state index >= 15 is 0 Å². The van der Waals surface area contributed by atoms with Crippen molar-refractivity contribution < 1.29 is 14.7 Å². The van der Waals surface area contributed by atoms with E-state index in [-0.39, 0.29) is 11.8 Å². The molecule has 5 nitrogen and oxygen atoms in total. The molecule has 1 unspecified atom stereocenters. The molecule has 0 aromatic carbocycles. The van der Waals surface area contributed by atoms with E-state index in [9.17, 15) is 9.59 Å². The third-order valence-electron chi connectivity index (χ3n) is 3.60. The van der Waals surface area contributed by atoms with Crippen molar-refractivity contribution in [3.63, 3.8) is 0 Å². The van der Waals surface area contributed by atoms with Gasteiger partial charge in [0.15, 0.2) is 0 Å². The molecule has 1 aromatic heterocycles. The molecular weight excluding hydrogens is 232 g/mol. The zero-order valence-corrected chi connectivity index (χ0v) is 10.0. The summed E-state index contributed by atoms with van der Waals surface area (Å²) in [7, 11) is 0. The van der Waals surface area contributed by atoms with Gasteiger partial charge in [-0.3, -0.25) is 4.79 Å². The minimum absolute atomic E-state index is 0.107. The quantitative estimate of drug-likeness (QED) is 0.827. The average molecular weight is 248 g/mol. The molecule has 0 spiro atoms. The lowest BCUT2D eigenvalue weighted by Gasteiger charge is -2.14. The number of nitrogens with zero attached hydrogens (tertiary/aromatic N) is 1. The second-order valence-electron chi connectivity index (χ2n) is 5.16. The fraction of sp³-hybridized carbons (Fsp3) is 0.538. The Morgan fingerprint density at radius 3 is 2.61 bits per heavy atom. The van der Waals surface area contributed by atoms with Crippen LogP contribution in [0.2, 0.25) is 0 Å². The summed E-state index contributed by atoms with van der Waals surface area (Å²) in [5, 5.41) is 11.7. The van der Waals surface area contributed by atoms with Gasteiger partial charge in [0.2, 0.25) is 0 Å². The Kier molecular flexibility index (Phi) is 2.61. The Morgan fingerprint density at radius 2 is 2.06 bits per heavy atom. The Bertz CT molecular complexity index is 486. The molecule has 2 saturated carbocycles. The summed E-state index contributed by atoms with van der Waals surface area (Å²) in [5.74, 6) is -1.10. The van der Waals surface area contributed by atoms with E-state index in [0.29, 0.717) is 11.7 Å². The number of aromatic nitrogens is 1. The van der Waals surface area contributed by atoms with Crippen LogP contribution in [0.15, 0.2) is 18.3 Å². The van der Waals surface area contributed by atoms with Gasteiger partial charge in [-0.1, -0.05) is 0 Å². The van der Waals surface area contributed by atoms with Gasteiger partial charge in [-0.15, -0.1) is 0 Å². The maximum Gasteiger partial charge on any atom is 0.326 e. The predicted octanol–water partition coefficient (Wildman–Crippen LogP) is 1.42. The van der Waals surface area contributed by atoms with Crippen LogP contribution in [0.5, 0.6) is 0 Å². The lowest BCUT2D eigenvalue weighted by molar-refractivity contribution is -0.139. The lowest BCUT2D eigenvalue weighted by atomic mass is 10.2. The van der Waals surface area contributed by atoms with E-state index in [2.05, 4.69) is 5.32 Å². The minimum Gasteiger partial charge on any atom is -0.480 e. The number of carbonyl (C=O) groups is 2. The number of carbonyl (C=O) groups excluding carboxylic acids is 1. The normalized spacial score (nSPS) is 20.4. The molecule has 3 rings (SSSR count). The number of hydrogen-bond donors (Lipinski definition) is 2. The second kappa shape index (κ2) is 4.15. The van der Waals surface area contributed by atoms with Crippen molar-refractivity contribution in [2.75, 3.05) is 0 Å². The highest BCUT2D eigenvalue weighted by Gasteiger charge is 2.38. The molecule has 2 fully saturated rings. The van der Waals surface area contributed by atoms with Crippen molar-refractivity contribution in [3.8, 4) is 0 Å². The Hall–Kier alpha value is -1.78. The highest BCUT2D eigenvalue weighted by molar-refractivity contribution is 5.95. The van der Waals surface area contributed by atoms with Gasteiger partial charge < -0.3 is 15.0 Å². The molecule has 0 bridgehead atoms. The van der Waals surface area contributed by atoms with Gasteiger partial charge >= 0.3 is 5.97 Å². The van der Waals surface area contributed by atoms with Gasteiger partial charge in [0.25, 0.3) is 5.91 Å². The van der Waals surface area contributed by atoms with Crippen molar-refractivity contribution in [1.29, 1.82) is 0 Å². The molecule has 1 amide bonds. The van der Waals surface area contributed by atoms with Crippen molar-refractivity contribution in [2.24, 2.45) is 5.92 Å². The van der Waals surface area contributed by atoms with E-state index in [4.69, 9.17) is 5.11 Å². The molecule has 2 aliphatic rings. The van der Waals surface area contributed by atoms with Gasteiger partial charge in [0, 0.05) is 12.2 Å². The summed E-state index contributed by atoms with van der Waals surface area (Å²) < 4.78 is 1.95. The number of carboxylic acids is 1. The third kappa shape index (κ3) is 2.12. The molecular formula is C13H16N2O3. The van der Waals surface area contributed by atoms with E-state index < -0.39 is 12.0 Å². The van der Waals surface area contributed by atoms with E-state index in [0.717, 1.165) is 25.7 Å². The molecule has 1 aromatic rings. The molecule has 18 heavy (non-hydrogen) atoms. The average Bonchev–Trinajstić information content (AvgIpc) is 3.24. The van der Waals surface area contributed by atoms with E-state index in [1.54, 1.807) is 6.07 Å². The number of hydrogen-bond acceptors (Lipinski definition) is 2. The van der Waals surface area contributed by atoms with Crippen LogP contribution in [-0.2, 0) is 4.79 Å². The summed E-state index contributed by atoms with van der Waals surface area (Å²) in [6, 6.07) is 3.27. The summed E-state index contributed by atoms with van der Waals surface area (Å²) in [6.45, 7) is 0. The predicted molar refractivity (Wildman–Crippen MR) is 64.3 cm³/mol. The van der Waals surface area contributed by atoms with Crippen LogP contribution in [-0.4, -0.2) is 27.6 Å². The molecule has 2 aliphatic carbocycles. The zero-order valence-electron chi connectivity index (χ0n) is 10.0. The number of rotatable bonds is 5. The van der Waals surface area contributed by atoms with Crippen LogP contribution in [0.4, 0.5) is 0 Å². The van der Waals surface area contributed by atoms with Crippen LogP contribution in [0.1, 0.15) is 42.2 Å². The molecule has 0 aliphatic heterocycles. The highest BCUT2D eigenvalue weighted by atomic mass is 16.4. The molecule has 5 heteroatoms. The Morgan fingerprint density at radius 1 is 1.33 bits per heavy atom. The van der Waals surface area contributed by atoms with Gasteiger partial charge in [-0.05, 0) is 43.7 Å². The Balaban J connectivity index is 1.73. The van der Waals surface area contributed by atoms with Gasteiger partial charge in [0.1, 0.15) is 11.7 Å². The van der Waals surface area contributed by atoms with E-state index in [1.165, 1.54) is 0 Å². The first-order valence-electron chi connectivity index (χ1n) is 6.37. The molecule has 1 heterocycles. The molecule has 96 valence electrons. The molecule has 0 radical (unpaired) electrons. The largest absolute Gasteiger partial charge is 0.480 e. The molecule has 2 N–H and O–H groups in total. The maximum atomic E-state index is 12.1. The molecule has 1 atom stereocenters. The lowest BCUT2D eigenvalue weighted by Crippen LogP contribution is -2.42. The third-order valence-corrected chi connectivity index (χ3v) is 3.60. The number of aliphatic carboxylic acids is 1. The monoisotopic (exact) mass is 248 g/mol. The van der Waals surface area contributed by atoms with Crippen LogP contribution in [0, 0.1) is 5.92 Å². The van der Waals surface area contributed by atoms with Crippen molar-refractivity contribution in [1.82, 2.24) is 9.88 Å². The number of nitrogens with one attached hydrogen (secondary N) is 1. The smallest absolute Gasteiger partial charge is 0.326 e. The fourth-order valence-electron chi connectivity index (χ4n) is 2.28. The number of amides is 1. The first kappa shape index (κ1) is 11.3. The maximum absolute atomic E-state index is 12.1. The summed E-state index contributed by atoms with van der Waals surface area (Å²) >= 11 is 0. The summed E-state index contributed by atoms with van der Waals surface area (Å²) in [5.41, 5.74) is 0.574. The zero-order chi connectivity index (χ0) is 12.7. The van der Waals surface area contributed by atoms with Crippen molar-refractivity contribution in [3.05, 3.63) is 24.0 Å². The topological polar surface area (TPSA) is 71.3 Å². The van der Waals surface area contributed by atoms with Crippen LogP contribution < -0.4 is 5.32 Å². The van der Waals surface area contributed by atoms with Gasteiger partial charge in [-0.25, -0.2) is 4.79 Å². The highest BCUT2D eigenvalue weighted by Crippen LogP contribution is 2.36. The molecule has 0 saturated heterocycles. The minimum atomic E-state index is -0.935. The van der Waals surface area contributed by atoms with Crippen LogP contribution >= 0.6 is 0 Å². The van der Waals surface area contributed by atoms with Crippen molar-refractivity contribution in [2.45, 2.75) is 37.8 Å². The SMILES string of the molecule is O=C(NC(C(=O)O)C1CC1)c1cccn1C1CC1. The fourth-order valence-corrected chi connectivity index (χ4v) is 2.28. The second-order valence-corrected chi connectivity index (χ2v) is 5.16. The van der Waals surface area contributed by atoms with Crippen molar-refractivity contribution >= 4 is 11.9 Å². The number of carboxylic acid groups (broad SMARTS) is 1. The van der Waals surface area contributed by atoms with Crippen LogP contribution in [0.3, 0.4) is 0 Å². The summed E-state index contributed by atoms with van der Waals surface area (Å²) in [6.07, 6.45) is 5.86.